The van der Waals surface area contributed by atoms with Gasteiger partial charge in [-0.2, -0.15) is 0 Å². The quantitative estimate of drug-likeness (QED) is 0.846. The Morgan fingerprint density at radius 1 is 1.28 bits per heavy atom. The van der Waals surface area contributed by atoms with E-state index in [4.69, 9.17) is 4.74 Å². The zero-order chi connectivity index (χ0) is 17.8. The lowest BCUT2D eigenvalue weighted by Crippen LogP contribution is -2.53. The molecule has 0 saturated carbocycles. The fraction of sp³-hybridized carbons (Fsp3) is 0.471. The van der Waals surface area contributed by atoms with E-state index >= 15 is 0 Å². The summed E-state index contributed by atoms with van der Waals surface area (Å²) in [6, 6.07) is 7.68. The van der Waals surface area contributed by atoms with Gasteiger partial charge in [0, 0.05) is 5.75 Å². The molecule has 7 nitrogen and oxygen atoms in total. The van der Waals surface area contributed by atoms with Gasteiger partial charge >= 0.3 is 12.1 Å². The lowest BCUT2D eigenvalue weighted by atomic mass is 10.1. The van der Waals surface area contributed by atoms with Crippen molar-refractivity contribution >= 4 is 29.7 Å². The van der Waals surface area contributed by atoms with Crippen molar-refractivity contribution in [2.75, 3.05) is 5.75 Å². The molecule has 2 heterocycles. The van der Waals surface area contributed by atoms with Gasteiger partial charge in [-0.1, -0.05) is 30.3 Å². The van der Waals surface area contributed by atoms with Gasteiger partial charge in [0.1, 0.15) is 18.7 Å². The van der Waals surface area contributed by atoms with Gasteiger partial charge in [0.05, 0.1) is 5.37 Å². The highest BCUT2D eigenvalue weighted by Crippen LogP contribution is 2.35. The second-order valence-electron chi connectivity index (χ2n) is 6.08. The van der Waals surface area contributed by atoms with Crippen LogP contribution in [-0.4, -0.2) is 51.2 Å². The lowest BCUT2D eigenvalue weighted by Gasteiger charge is -2.28. The highest BCUT2D eigenvalue weighted by atomic mass is 32.2. The highest BCUT2D eigenvalue weighted by molar-refractivity contribution is 8.00. The van der Waals surface area contributed by atoms with E-state index in [9.17, 15) is 19.5 Å². The van der Waals surface area contributed by atoms with Crippen LogP contribution in [0.4, 0.5) is 4.79 Å². The molecule has 2 amide bonds. The molecule has 2 aliphatic heterocycles. The van der Waals surface area contributed by atoms with E-state index in [2.05, 4.69) is 5.32 Å². The Bertz CT molecular complexity index is 654. The minimum atomic E-state index is -1.00. The normalized spacial score (nSPS) is 25.8. The predicted molar refractivity (Wildman–Crippen MR) is 91.9 cm³/mol. The fourth-order valence-electron chi connectivity index (χ4n) is 3.11. The predicted octanol–water partition coefficient (Wildman–Crippen LogP) is 1.82. The Labute approximate surface area is 149 Å². The number of benzene rings is 1. The number of carboxylic acids is 1. The molecule has 2 fully saturated rings. The van der Waals surface area contributed by atoms with Crippen LogP contribution in [0.1, 0.15) is 24.8 Å². The lowest BCUT2D eigenvalue weighted by molar-refractivity contribution is -0.149. The van der Waals surface area contributed by atoms with E-state index in [0.29, 0.717) is 12.2 Å². The van der Waals surface area contributed by atoms with E-state index in [1.54, 1.807) is 0 Å². The number of thioether (sulfide) groups is 1. The molecule has 8 heteroatoms. The van der Waals surface area contributed by atoms with Crippen LogP contribution in [0.5, 0.6) is 0 Å². The average molecular weight is 364 g/mol. The smallest absolute Gasteiger partial charge is 0.408 e. The van der Waals surface area contributed by atoms with Gasteiger partial charge in [-0.3, -0.25) is 4.79 Å². The summed E-state index contributed by atoms with van der Waals surface area (Å²) in [6.07, 6.45) is 1.30. The van der Waals surface area contributed by atoms with E-state index in [-0.39, 0.29) is 17.9 Å². The monoisotopic (exact) mass is 364 g/mol. The number of hydrogen-bond donors (Lipinski definition) is 2. The Kier molecular flexibility index (Phi) is 5.47. The maximum Gasteiger partial charge on any atom is 0.408 e. The van der Waals surface area contributed by atoms with Crippen LogP contribution in [0.3, 0.4) is 0 Å². The van der Waals surface area contributed by atoms with Gasteiger partial charge in [-0.25, -0.2) is 9.59 Å². The van der Waals surface area contributed by atoms with Crippen LogP contribution < -0.4 is 5.32 Å². The molecule has 2 N–H and O–H groups in total. The van der Waals surface area contributed by atoms with Crippen molar-refractivity contribution in [3.8, 4) is 0 Å². The van der Waals surface area contributed by atoms with Crippen molar-refractivity contribution in [1.82, 2.24) is 10.2 Å². The Morgan fingerprint density at radius 2 is 2.04 bits per heavy atom. The van der Waals surface area contributed by atoms with Crippen molar-refractivity contribution in [1.29, 1.82) is 0 Å². The highest BCUT2D eigenvalue weighted by Gasteiger charge is 2.45. The molecule has 0 radical (unpaired) electrons. The van der Waals surface area contributed by atoms with E-state index in [1.165, 1.54) is 16.7 Å². The topological polar surface area (TPSA) is 95.9 Å². The number of carboxylic acid groups (broad SMARTS) is 1. The molecule has 1 aromatic carbocycles. The summed E-state index contributed by atoms with van der Waals surface area (Å²) in [7, 11) is 0. The number of amides is 2. The van der Waals surface area contributed by atoms with Crippen molar-refractivity contribution in [2.24, 2.45) is 0 Å². The molecule has 0 spiro atoms. The molecule has 0 aliphatic carbocycles. The third kappa shape index (κ3) is 4.07. The molecule has 3 atom stereocenters. The van der Waals surface area contributed by atoms with Crippen molar-refractivity contribution in [3.63, 3.8) is 0 Å². The molecule has 2 saturated heterocycles. The maximum atomic E-state index is 12.7. The molecule has 3 rings (SSSR count). The molecule has 0 bridgehead atoms. The minimum absolute atomic E-state index is 0.119. The third-order valence-electron chi connectivity index (χ3n) is 4.38. The van der Waals surface area contributed by atoms with E-state index in [1.807, 2.05) is 30.3 Å². The molecule has 25 heavy (non-hydrogen) atoms. The molecule has 1 aromatic rings. The zero-order valence-corrected chi connectivity index (χ0v) is 14.4. The summed E-state index contributed by atoms with van der Waals surface area (Å²) in [5, 5.41) is 11.8. The second-order valence-corrected chi connectivity index (χ2v) is 7.29. The second kappa shape index (κ2) is 7.77. The molecular formula is C17H20N2O5S. The van der Waals surface area contributed by atoms with Gasteiger partial charge in [0.2, 0.25) is 5.91 Å². The first-order chi connectivity index (χ1) is 12.1. The number of fused-ring (bicyclic) bond motifs is 1. The summed E-state index contributed by atoms with van der Waals surface area (Å²) < 4.78 is 5.16. The van der Waals surface area contributed by atoms with Gasteiger partial charge in [0.15, 0.2) is 0 Å². The van der Waals surface area contributed by atoms with Crippen LogP contribution in [0, 0.1) is 0 Å². The van der Waals surface area contributed by atoms with Gasteiger partial charge in [-0.15, -0.1) is 11.8 Å². The molecular weight excluding hydrogens is 344 g/mol. The molecule has 3 unspecified atom stereocenters. The minimum Gasteiger partial charge on any atom is -0.480 e. The first-order valence-corrected chi connectivity index (χ1v) is 9.25. The van der Waals surface area contributed by atoms with Gasteiger partial charge < -0.3 is 20.1 Å². The first kappa shape index (κ1) is 17.6. The van der Waals surface area contributed by atoms with Crippen LogP contribution in [0.2, 0.25) is 0 Å². The fourth-order valence-corrected chi connectivity index (χ4v) is 4.57. The largest absolute Gasteiger partial charge is 0.480 e. The first-order valence-electron chi connectivity index (χ1n) is 8.20. The number of aliphatic carboxylic acids is 1. The summed E-state index contributed by atoms with van der Waals surface area (Å²) in [5.74, 6) is -0.955. The van der Waals surface area contributed by atoms with Crippen LogP contribution in [-0.2, 0) is 20.9 Å². The van der Waals surface area contributed by atoms with Crippen LogP contribution in [0.15, 0.2) is 30.3 Å². The van der Waals surface area contributed by atoms with Crippen LogP contribution in [0.25, 0.3) is 0 Å². The number of hydrogen-bond acceptors (Lipinski definition) is 5. The maximum absolute atomic E-state index is 12.7. The van der Waals surface area contributed by atoms with E-state index in [0.717, 1.165) is 18.4 Å². The molecule has 0 aromatic heterocycles. The molecule has 134 valence electrons. The Hall–Kier alpha value is -2.22. The number of rotatable bonds is 4. The standard InChI is InChI=1S/C17H20N2O5S/c20-15-12(18-17(23)24-9-11-5-2-1-3-6-11)7-4-8-14-19(15)13(10-25-14)16(21)22/h1-3,5-6,12-14H,4,7-10H2,(H,18,23)(H,21,22). The third-order valence-corrected chi connectivity index (χ3v) is 5.73. The number of nitrogens with one attached hydrogen (secondary N) is 1. The van der Waals surface area contributed by atoms with Gasteiger partial charge in [0.25, 0.3) is 0 Å². The Balaban J connectivity index is 1.60. The number of nitrogens with zero attached hydrogens (tertiary/aromatic N) is 1. The molecule has 2 aliphatic rings. The van der Waals surface area contributed by atoms with Crippen molar-refractivity contribution < 1.29 is 24.2 Å². The summed E-state index contributed by atoms with van der Waals surface area (Å²) in [6.45, 7) is 0.119. The number of carbonyl (C=O) groups is 3. The van der Waals surface area contributed by atoms with Gasteiger partial charge in [-0.05, 0) is 24.8 Å². The SMILES string of the molecule is O=C(NC1CCCC2SCC(C(=O)O)N2C1=O)OCc1ccccc1. The number of carbonyl (C=O) groups excluding carboxylic acids is 2. The van der Waals surface area contributed by atoms with Crippen molar-refractivity contribution in [3.05, 3.63) is 35.9 Å². The zero-order valence-electron chi connectivity index (χ0n) is 13.6. The average Bonchev–Trinajstić information content (AvgIpc) is 2.97. The number of alkyl carbamates (subject to hydrolysis) is 1. The van der Waals surface area contributed by atoms with E-state index < -0.39 is 24.1 Å². The Morgan fingerprint density at radius 3 is 2.76 bits per heavy atom. The summed E-state index contributed by atoms with van der Waals surface area (Å²) >= 11 is 1.49. The number of ether oxygens (including phenoxy) is 1. The summed E-state index contributed by atoms with van der Waals surface area (Å²) in [4.78, 5) is 37.6. The summed E-state index contributed by atoms with van der Waals surface area (Å²) in [5.41, 5.74) is 0.854. The van der Waals surface area contributed by atoms with Crippen molar-refractivity contribution in [2.45, 2.75) is 43.3 Å². The van der Waals surface area contributed by atoms with Crippen LogP contribution >= 0.6 is 11.8 Å².